The molecule has 1 aromatic heterocycles. The quantitative estimate of drug-likeness (QED) is 0.558. The number of ether oxygens (including phenoxy) is 1. The Morgan fingerprint density at radius 2 is 2.00 bits per heavy atom. The van der Waals surface area contributed by atoms with Crippen LogP contribution in [0.15, 0.2) is 11.2 Å². The van der Waals surface area contributed by atoms with Gasteiger partial charge in [0.2, 0.25) is 0 Å². The Hall–Kier alpha value is -1.01. The fraction of sp³-hybridized carbons (Fsp3) is 0.667. The van der Waals surface area contributed by atoms with E-state index in [4.69, 9.17) is 4.74 Å². The van der Waals surface area contributed by atoms with Crippen molar-refractivity contribution in [2.45, 2.75) is 19.0 Å². The molecule has 0 aliphatic rings. The molecule has 0 radical (unpaired) electrons. The number of anilines is 2. The van der Waals surface area contributed by atoms with Crippen LogP contribution in [0.5, 0.6) is 0 Å². The molecule has 1 aromatic rings. The van der Waals surface area contributed by atoms with Crippen molar-refractivity contribution < 1.29 is 4.74 Å². The Kier molecular flexibility index (Phi) is 6.82. The molecule has 18 heavy (non-hydrogen) atoms. The Balaban J connectivity index is 2.65. The van der Waals surface area contributed by atoms with Gasteiger partial charge in [-0.2, -0.15) is 0 Å². The Morgan fingerprint density at radius 1 is 1.33 bits per heavy atom. The fourth-order valence-electron chi connectivity index (χ4n) is 1.50. The van der Waals surface area contributed by atoms with Crippen LogP contribution in [0, 0.1) is 5.92 Å². The zero-order chi connectivity index (χ0) is 13.4. The lowest BCUT2D eigenvalue weighted by Gasteiger charge is -2.13. The maximum Gasteiger partial charge on any atom is 0.191 e. The minimum absolute atomic E-state index is 0.449. The van der Waals surface area contributed by atoms with Crippen molar-refractivity contribution in [1.82, 2.24) is 9.97 Å². The molecule has 0 aliphatic heterocycles. The lowest BCUT2D eigenvalue weighted by Crippen LogP contribution is -2.17. The van der Waals surface area contributed by atoms with Crippen LogP contribution in [-0.2, 0) is 4.74 Å². The van der Waals surface area contributed by atoms with Crippen LogP contribution in [0.1, 0.15) is 13.8 Å². The van der Waals surface area contributed by atoms with Crippen molar-refractivity contribution >= 4 is 23.4 Å². The third-order valence-corrected chi connectivity index (χ3v) is 2.88. The summed E-state index contributed by atoms with van der Waals surface area (Å²) in [6.07, 6.45) is 1.97. The minimum Gasteiger partial charge on any atom is -0.384 e. The summed E-state index contributed by atoms with van der Waals surface area (Å²) in [6, 6.07) is 1.93. The van der Waals surface area contributed by atoms with E-state index in [1.807, 2.05) is 12.3 Å². The van der Waals surface area contributed by atoms with Gasteiger partial charge in [-0.1, -0.05) is 18.7 Å². The highest BCUT2D eigenvalue weighted by Crippen LogP contribution is 2.17. The number of nitrogens with one attached hydrogen (secondary N) is 2. The van der Waals surface area contributed by atoms with Gasteiger partial charge in [0.05, 0.1) is 6.61 Å². The first-order valence-corrected chi connectivity index (χ1v) is 7.31. The summed E-state index contributed by atoms with van der Waals surface area (Å²) in [5, 5.41) is 7.30. The summed E-state index contributed by atoms with van der Waals surface area (Å²) in [7, 11) is 1.72. The Morgan fingerprint density at radius 3 is 2.56 bits per heavy atom. The van der Waals surface area contributed by atoms with Crippen molar-refractivity contribution in [1.29, 1.82) is 0 Å². The second-order valence-corrected chi connectivity index (χ2v) is 4.87. The third kappa shape index (κ3) is 5.10. The van der Waals surface area contributed by atoms with Crippen LogP contribution >= 0.6 is 11.8 Å². The van der Waals surface area contributed by atoms with E-state index in [0.29, 0.717) is 5.92 Å². The number of hydrogen-bond acceptors (Lipinski definition) is 6. The summed E-state index contributed by atoms with van der Waals surface area (Å²) >= 11 is 1.54. The van der Waals surface area contributed by atoms with Crippen molar-refractivity contribution in [3.8, 4) is 0 Å². The molecular formula is C12H22N4OS. The topological polar surface area (TPSA) is 59.1 Å². The first-order valence-electron chi connectivity index (χ1n) is 6.09. The van der Waals surface area contributed by atoms with E-state index < -0.39 is 0 Å². The van der Waals surface area contributed by atoms with Gasteiger partial charge in [0.1, 0.15) is 11.6 Å². The third-order valence-electron chi connectivity index (χ3n) is 2.33. The molecule has 6 heteroatoms. The van der Waals surface area contributed by atoms with E-state index >= 15 is 0 Å². The molecule has 1 rings (SSSR count). The number of thioether (sulfide) groups is 1. The van der Waals surface area contributed by atoms with Crippen molar-refractivity contribution in [3.63, 3.8) is 0 Å². The van der Waals surface area contributed by atoms with E-state index in [9.17, 15) is 0 Å². The predicted octanol–water partition coefficient (Wildman–Crippen LogP) is 2.32. The SMILES string of the molecule is CCNc1cc(NCC(C)COC)nc(SC)n1. The van der Waals surface area contributed by atoms with Gasteiger partial charge >= 0.3 is 0 Å². The minimum atomic E-state index is 0.449. The first kappa shape index (κ1) is 15.0. The predicted molar refractivity (Wildman–Crippen MR) is 77.5 cm³/mol. The molecule has 0 fully saturated rings. The molecule has 1 atom stereocenters. The molecule has 0 spiro atoms. The zero-order valence-corrected chi connectivity index (χ0v) is 12.3. The molecule has 0 amide bonds. The van der Waals surface area contributed by atoms with Crippen molar-refractivity contribution in [2.75, 3.05) is 43.7 Å². The van der Waals surface area contributed by atoms with Gasteiger partial charge in [-0.3, -0.25) is 0 Å². The molecule has 0 saturated carbocycles. The van der Waals surface area contributed by atoms with Gasteiger partial charge in [0, 0.05) is 26.3 Å². The molecular weight excluding hydrogens is 248 g/mol. The molecule has 5 nitrogen and oxygen atoms in total. The maximum atomic E-state index is 5.11. The van der Waals surface area contributed by atoms with Gasteiger partial charge in [-0.05, 0) is 19.1 Å². The molecule has 1 unspecified atom stereocenters. The van der Waals surface area contributed by atoms with E-state index in [-0.39, 0.29) is 0 Å². The Labute approximate surface area is 113 Å². The highest BCUT2D eigenvalue weighted by Gasteiger charge is 2.05. The van der Waals surface area contributed by atoms with Crippen molar-refractivity contribution in [2.24, 2.45) is 5.92 Å². The second kappa shape index (κ2) is 8.16. The molecule has 0 aromatic carbocycles. The highest BCUT2D eigenvalue weighted by molar-refractivity contribution is 7.98. The monoisotopic (exact) mass is 270 g/mol. The standard InChI is InChI=1S/C12H22N4OS/c1-5-13-10-6-11(16-12(15-10)18-4)14-7-9(2)8-17-3/h6,9H,5,7-8H2,1-4H3,(H2,13,14,15,16). The van der Waals surface area contributed by atoms with Crippen LogP contribution in [0.3, 0.4) is 0 Å². The molecule has 2 N–H and O–H groups in total. The van der Waals surface area contributed by atoms with Gasteiger partial charge in [0.15, 0.2) is 5.16 Å². The summed E-state index contributed by atoms with van der Waals surface area (Å²) in [6.45, 7) is 6.62. The molecule has 0 bridgehead atoms. The molecule has 1 heterocycles. The van der Waals surface area contributed by atoms with Gasteiger partial charge in [-0.25, -0.2) is 9.97 Å². The summed E-state index contributed by atoms with van der Waals surface area (Å²) < 4.78 is 5.11. The summed E-state index contributed by atoms with van der Waals surface area (Å²) in [5.74, 6) is 2.16. The van der Waals surface area contributed by atoms with Crippen molar-refractivity contribution in [3.05, 3.63) is 6.07 Å². The maximum absolute atomic E-state index is 5.11. The van der Waals surface area contributed by atoms with Gasteiger partial charge in [0.25, 0.3) is 0 Å². The average Bonchev–Trinajstić information content (AvgIpc) is 2.37. The Bertz CT molecular complexity index is 362. The summed E-state index contributed by atoms with van der Waals surface area (Å²) in [5.41, 5.74) is 0. The van der Waals surface area contributed by atoms with Crippen LogP contribution in [0.4, 0.5) is 11.6 Å². The number of hydrogen-bond donors (Lipinski definition) is 2. The van der Waals surface area contributed by atoms with Crippen LogP contribution in [0.2, 0.25) is 0 Å². The molecule has 0 aliphatic carbocycles. The molecule has 0 saturated heterocycles. The van der Waals surface area contributed by atoms with E-state index in [1.54, 1.807) is 18.9 Å². The second-order valence-electron chi connectivity index (χ2n) is 4.10. The van der Waals surface area contributed by atoms with E-state index in [0.717, 1.165) is 36.5 Å². The lowest BCUT2D eigenvalue weighted by molar-refractivity contribution is 0.164. The van der Waals surface area contributed by atoms with E-state index in [1.165, 1.54) is 0 Å². The van der Waals surface area contributed by atoms with Gasteiger partial charge < -0.3 is 15.4 Å². The van der Waals surface area contributed by atoms with Crippen LogP contribution in [-0.4, -0.2) is 43.0 Å². The number of nitrogens with zero attached hydrogens (tertiary/aromatic N) is 2. The lowest BCUT2D eigenvalue weighted by atomic mass is 10.2. The largest absolute Gasteiger partial charge is 0.384 e. The smallest absolute Gasteiger partial charge is 0.191 e. The van der Waals surface area contributed by atoms with E-state index in [2.05, 4.69) is 34.4 Å². The van der Waals surface area contributed by atoms with Crippen LogP contribution in [0.25, 0.3) is 0 Å². The normalized spacial score (nSPS) is 12.2. The number of methoxy groups -OCH3 is 1. The van der Waals surface area contributed by atoms with Gasteiger partial charge in [-0.15, -0.1) is 0 Å². The first-order chi connectivity index (χ1) is 8.69. The average molecular weight is 270 g/mol. The fourth-order valence-corrected chi connectivity index (χ4v) is 1.88. The zero-order valence-electron chi connectivity index (χ0n) is 11.5. The molecule has 102 valence electrons. The summed E-state index contributed by atoms with van der Waals surface area (Å²) in [4.78, 5) is 8.81. The number of aromatic nitrogens is 2. The highest BCUT2D eigenvalue weighted by atomic mass is 32.2. The number of rotatable bonds is 8. The van der Waals surface area contributed by atoms with Crippen LogP contribution < -0.4 is 10.6 Å².